The molecule has 24 heavy (non-hydrogen) atoms. The van der Waals surface area contributed by atoms with E-state index in [0.29, 0.717) is 0 Å². The van der Waals surface area contributed by atoms with Gasteiger partial charge in [-0.1, -0.05) is 38.5 Å². The van der Waals surface area contributed by atoms with Gasteiger partial charge in [0.05, 0.1) is 6.20 Å². The molecular weight excluding hydrogens is 298 g/mol. The van der Waals surface area contributed by atoms with Crippen molar-refractivity contribution in [2.45, 2.75) is 71.6 Å². The summed E-state index contributed by atoms with van der Waals surface area (Å²) in [5, 5.41) is 13.9. The van der Waals surface area contributed by atoms with Crippen molar-refractivity contribution in [2.75, 3.05) is 19.6 Å². The Hall–Kier alpha value is -1.52. The quantitative estimate of drug-likeness (QED) is 0.348. The highest BCUT2D eigenvalue weighted by atomic mass is 15.2. The minimum absolute atomic E-state index is 0.849. The standard InChI is InChI=1S/C19H35N5/c1-3-20-19(21-13-7-6-11-17-9-4-5-10-17)22-14-8-12-18-15-23-24-16(18)2/h15,17H,3-14H2,1-2H3,(H,23,24)(H2,20,21,22). The van der Waals surface area contributed by atoms with E-state index in [1.807, 2.05) is 6.20 Å². The summed E-state index contributed by atoms with van der Waals surface area (Å²) in [5.74, 6) is 1.97. The fraction of sp³-hybridized carbons (Fsp3) is 0.789. The molecule has 1 heterocycles. The normalized spacial score (nSPS) is 15.8. The number of hydrogen-bond acceptors (Lipinski definition) is 2. The molecule has 1 aromatic heterocycles. The molecule has 1 aliphatic rings. The fourth-order valence-corrected chi connectivity index (χ4v) is 3.49. The average Bonchev–Trinajstić information content (AvgIpc) is 3.23. The number of aromatic nitrogens is 2. The third-order valence-corrected chi connectivity index (χ3v) is 4.96. The lowest BCUT2D eigenvalue weighted by Crippen LogP contribution is -2.37. The molecule has 0 atom stereocenters. The smallest absolute Gasteiger partial charge is 0.191 e. The van der Waals surface area contributed by atoms with Crippen LogP contribution >= 0.6 is 0 Å². The van der Waals surface area contributed by atoms with Gasteiger partial charge in [0.25, 0.3) is 0 Å². The molecule has 1 aromatic rings. The van der Waals surface area contributed by atoms with Crippen molar-refractivity contribution in [3.05, 3.63) is 17.5 Å². The lowest BCUT2D eigenvalue weighted by molar-refractivity contribution is 0.472. The lowest BCUT2D eigenvalue weighted by Gasteiger charge is -2.12. The zero-order valence-corrected chi connectivity index (χ0v) is 15.5. The zero-order chi connectivity index (χ0) is 17.0. The predicted molar refractivity (Wildman–Crippen MR) is 101 cm³/mol. The molecule has 1 saturated carbocycles. The Balaban J connectivity index is 1.58. The van der Waals surface area contributed by atoms with Crippen LogP contribution < -0.4 is 10.6 Å². The molecule has 0 unspecified atom stereocenters. The third-order valence-electron chi connectivity index (χ3n) is 4.96. The number of aromatic amines is 1. The number of aryl methyl sites for hydroxylation is 2. The van der Waals surface area contributed by atoms with Crippen molar-refractivity contribution in [3.63, 3.8) is 0 Å². The highest BCUT2D eigenvalue weighted by Crippen LogP contribution is 2.28. The summed E-state index contributed by atoms with van der Waals surface area (Å²) < 4.78 is 0. The minimum Gasteiger partial charge on any atom is -0.357 e. The van der Waals surface area contributed by atoms with Crippen LogP contribution in [-0.4, -0.2) is 35.8 Å². The SMILES string of the molecule is CCNC(=NCCCc1cn[nH]c1C)NCCCCC1CCCC1. The number of unbranched alkanes of at least 4 members (excludes halogenated alkanes) is 1. The van der Waals surface area contributed by atoms with Crippen LogP contribution in [0.15, 0.2) is 11.2 Å². The van der Waals surface area contributed by atoms with Crippen LogP contribution in [0.3, 0.4) is 0 Å². The molecular formula is C19H35N5. The molecule has 0 aliphatic heterocycles. The van der Waals surface area contributed by atoms with Gasteiger partial charge in [-0.05, 0) is 44.6 Å². The van der Waals surface area contributed by atoms with Gasteiger partial charge in [-0.3, -0.25) is 10.1 Å². The first-order chi connectivity index (χ1) is 11.8. The van der Waals surface area contributed by atoms with E-state index < -0.39 is 0 Å². The summed E-state index contributed by atoms with van der Waals surface area (Å²) in [6.07, 6.45) is 13.9. The van der Waals surface area contributed by atoms with E-state index in [1.54, 1.807) is 0 Å². The second-order valence-corrected chi connectivity index (χ2v) is 6.96. The van der Waals surface area contributed by atoms with Gasteiger partial charge in [0.2, 0.25) is 0 Å². The van der Waals surface area contributed by atoms with Crippen molar-refractivity contribution < 1.29 is 0 Å². The van der Waals surface area contributed by atoms with Crippen LogP contribution in [0.25, 0.3) is 0 Å². The highest BCUT2D eigenvalue weighted by Gasteiger charge is 2.13. The Labute approximate surface area is 147 Å². The largest absolute Gasteiger partial charge is 0.357 e. The monoisotopic (exact) mass is 333 g/mol. The fourth-order valence-electron chi connectivity index (χ4n) is 3.49. The van der Waals surface area contributed by atoms with E-state index in [9.17, 15) is 0 Å². The van der Waals surface area contributed by atoms with Crippen molar-refractivity contribution in [3.8, 4) is 0 Å². The molecule has 2 rings (SSSR count). The summed E-state index contributed by atoms with van der Waals surface area (Å²) in [7, 11) is 0. The number of guanidine groups is 1. The maximum Gasteiger partial charge on any atom is 0.191 e. The van der Waals surface area contributed by atoms with E-state index in [1.165, 1.54) is 56.2 Å². The Kier molecular flexibility index (Phi) is 8.71. The number of aliphatic imine (C=N–C) groups is 1. The second-order valence-electron chi connectivity index (χ2n) is 6.96. The second kappa shape index (κ2) is 11.1. The van der Waals surface area contributed by atoms with Crippen LogP contribution in [0.2, 0.25) is 0 Å². The molecule has 0 amide bonds. The first kappa shape index (κ1) is 18.8. The molecule has 0 bridgehead atoms. The number of hydrogen-bond donors (Lipinski definition) is 3. The van der Waals surface area contributed by atoms with Gasteiger partial charge in [-0.2, -0.15) is 5.10 Å². The average molecular weight is 334 g/mol. The summed E-state index contributed by atoms with van der Waals surface area (Å²) in [5.41, 5.74) is 2.47. The molecule has 5 nitrogen and oxygen atoms in total. The summed E-state index contributed by atoms with van der Waals surface area (Å²) in [6.45, 7) is 6.98. The van der Waals surface area contributed by atoms with Crippen molar-refractivity contribution >= 4 is 5.96 Å². The van der Waals surface area contributed by atoms with Crippen LogP contribution in [0.5, 0.6) is 0 Å². The first-order valence-electron chi connectivity index (χ1n) is 9.80. The molecule has 0 radical (unpaired) electrons. The predicted octanol–water partition coefficient (Wildman–Crippen LogP) is 3.57. The Morgan fingerprint density at radius 3 is 2.79 bits per heavy atom. The molecule has 136 valence electrons. The van der Waals surface area contributed by atoms with Gasteiger partial charge >= 0.3 is 0 Å². The van der Waals surface area contributed by atoms with Gasteiger partial charge in [0.15, 0.2) is 5.96 Å². The van der Waals surface area contributed by atoms with Crippen LogP contribution in [0.1, 0.15) is 69.5 Å². The molecule has 1 fully saturated rings. The van der Waals surface area contributed by atoms with Crippen LogP contribution in [0.4, 0.5) is 0 Å². The number of nitrogens with one attached hydrogen (secondary N) is 3. The molecule has 1 aliphatic carbocycles. The van der Waals surface area contributed by atoms with Gasteiger partial charge in [0.1, 0.15) is 0 Å². The molecule has 3 N–H and O–H groups in total. The molecule has 0 saturated heterocycles. The van der Waals surface area contributed by atoms with Crippen molar-refractivity contribution in [2.24, 2.45) is 10.9 Å². The topological polar surface area (TPSA) is 65.1 Å². The third kappa shape index (κ3) is 6.93. The van der Waals surface area contributed by atoms with E-state index in [2.05, 4.69) is 39.7 Å². The van der Waals surface area contributed by atoms with Gasteiger partial charge < -0.3 is 10.6 Å². The molecule has 5 heteroatoms. The zero-order valence-electron chi connectivity index (χ0n) is 15.5. The number of H-pyrrole nitrogens is 1. The summed E-state index contributed by atoms with van der Waals surface area (Å²) >= 11 is 0. The number of nitrogens with zero attached hydrogens (tertiary/aromatic N) is 2. The van der Waals surface area contributed by atoms with E-state index >= 15 is 0 Å². The van der Waals surface area contributed by atoms with E-state index in [4.69, 9.17) is 0 Å². The Bertz CT molecular complexity index is 474. The van der Waals surface area contributed by atoms with E-state index in [-0.39, 0.29) is 0 Å². The van der Waals surface area contributed by atoms with Crippen LogP contribution in [0, 0.1) is 12.8 Å². The maximum absolute atomic E-state index is 4.68. The van der Waals surface area contributed by atoms with Crippen molar-refractivity contribution in [1.82, 2.24) is 20.8 Å². The molecule has 0 aromatic carbocycles. The summed E-state index contributed by atoms with van der Waals surface area (Å²) in [4.78, 5) is 4.68. The minimum atomic E-state index is 0.849. The van der Waals surface area contributed by atoms with Gasteiger partial charge in [-0.15, -0.1) is 0 Å². The Morgan fingerprint density at radius 1 is 1.25 bits per heavy atom. The van der Waals surface area contributed by atoms with Gasteiger partial charge in [0, 0.05) is 25.3 Å². The first-order valence-corrected chi connectivity index (χ1v) is 9.80. The van der Waals surface area contributed by atoms with Gasteiger partial charge in [-0.25, -0.2) is 0 Å². The van der Waals surface area contributed by atoms with Crippen LogP contribution in [-0.2, 0) is 6.42 Å². The number of rotatable bonds is 10. The summed E-state index contributed by atoms with van der Waals surface area (Å²) in [6, 6.07) is 0. The lowest BCUT2D eigenvalue weighted by atomic mass is 10.0. The van der Waals surface area contributed by atoms with Crippen molar-refractivity contribution in [1.29, 1.82) is 0 Å². The van der Waals surface area contributed by atoms with E-state index in [0.717, 1.165) is 44.4 Å². The Morgan fingerprint density at radius 2 is 2.08 bits per heavy atom. The maximum atomic E-state index is 4.68. The highest BCUT2D eigenvalue weighted by molar-refractivity contribution is 5.79. The molecule has 0 spiro atoms.